The topological polar surface area (TPSA) is 17.1 Å². The predicted molar refractivity (Wildman–Crippen MR) is 23.2 cm³/mol. The Bertz CT molecular complexity index is 33.9. The fourth-order valence-corrected chi connectivity index (χ4v) is 0. The molecule has 0 amide bonds. The molecule has 0 bridgehead atoms. The Balaban J connectivity index is 2.83. The summed E-state index contributed by atoms with van der Waals surface area (Å²) in [6.07, 6.45) is 0. The van der Waals surface area contributed by atoms with Gasteiger partial charge in [-0.05, 0) is 13.8 Å². The fourth-order valence-electron chi connectivity index (χ4n) is 0. The summed E-state index contributed by atoms with van der Waals surface area (Å²) in [6, 6.07) is 0. The van der Waals surface area contributed by atoms with E-state index in [4.69, 9.17) is 0 Å². The number of hydrogen-bond acceptors (Lipinski definition) is 1. The van der Waals surface area contributed by atoms with Gasteiger partial charge in [0.1, 0.15) is 0 Å². The molecule has 0 fully saturated rings. The average Bonchev–Trinajstić information content (AvgIpc) is 1.38. The molecule has 0 saturated heterocycles. The molecule has 0 saturated carbocycles. The molecule has 0 radical (unpaired) electrons. The van der Waals surface area contributed by atoms with Crippen molar-refractivity contribution in [3.8, 4) is 0 Å². The van der Waals surface area contributed by atoms with Crippen LogP contribution in [0.1, 0.15) is 13.8 Å². The molecule has 0 aliphatic carbocycles. The van der Waals surface area contributed by atoms with Crippen LogP contribution >= 0.6 is 0 Å². The number of rotatable bonds is 1. The third-order valence-electron chi connectivity index (χ3n) is 0.192. The first-order valence-corrected chi connectivity index (χ1v) is 2.36. The molecule has 0 aromatic heterocycles. The van der Waals surface area contributed by atoms with Gasteiger partial charge in [-0.1, -0.05) is 0 Å². The quantitative estimate of drug-likeness (QED) is 0.437. The molecule has 0 aromatic carbocycles. The van der Waals surface area contributed by atoms with Crippen LogP contribution in [0.2, 0.25) is 0 Å². The second-order valence-corrected chi connectivity index (χ2v) is 2.28. The van der Waals surface area contributed by atoms with E-state index in [1.165, 1.54) is 0 Å². The average molecular weight is 91.2 g/mol. The molecule has 0 heterocycles. The Morgan fingerprint density at radius 3 is 1.80 bits per heavy atom. The molecule has 0 aromatic rings. The molecule has 0 unspecified atom stereocenters. The van der Waals surface area contributed by atoms with Gasteiger partial charge in [-0.3, -0.25) is 0 Å². The largest absolute Gasteiger partial charge is 0.461 e. The van der Waals surface area contributed by atoms with E-state index < -0.39 is 0 Å². The zero-order chi connectivity index (χ0) is 4.28. The molecular weight excluding hydrogens is 84.1 g/mol. The van der Waals surface area contributed by atoms with Crippen LogP contribution in [0.15, 0.2) is 0 Å². The molecule has 30 valence electrons. The van der Waals surface area contributed by atoms with Gasteiger partial charge in [0, 0.05) is 4.21 Å². The van der Waals surface area contributed by atoms with E-state index in [-0.39, 0.29) is 5.25 Å². The van der Waals surface area contributed by atoms with Gasteiger partial charge in [0.05, 0.1) is 0 Å². The van der Waals surface area contributed by atoms with E-state index in [0.29, 0.717) is 11.7 Å². The van der Waals surface area contributed by atoms with Crippen LogP contribution in [-0.4, -0.2) is 5.25 Å². The van der Waals surface area contributed by atoms with E-state index in [1.807, 2.05) is 13.8 Å². The number of hydrogen-bond donors (Lipinski definition) is 0. The lowest BCUT2D eigenvalue weighted by Gasteiger charge is -1.59. The Morgan fingerprint density at radius 2 is 1.80 bits per heavy atom. The minimum absolute atomic E-state index is 0.245. The van der Waals surface area contributed by atoms with Crippen LogP contribution in [0, 0.1) is 0 Å². The lowest BCUT2D eigenvalue weighted by molar-refractivity contribution is 0.601. The summed E-state index contributed by atoms with van der Waals surface area (Å²) in [4.78, 5) is 0. The third-order valence-corrected chi connectivity index (χ3v) is 0.577. The van der Waals surface area contributed by atoms with Crippen LogP contribution < -0.4 is 0 Å². The van der Waals surface area contributed by atoms with Gasteiger partial charge >= 0.3 is 11.7 Å². The molecule has 0 spiro atoms. The highest BCUT2D eigenvalue weighted by Gasteiger charge is 2.01. The van der Waals surface area contributed by atoms with E-state index in [9.17, 15) is 4.21 Å². The minimum Gasteiger partial charge on any atom is -0.00312 e. The van der Waals surface area contributed by atoms with Gasteiger partial charge in [0.15, 0.2) is 0 Å². The van der Waals surface area contributed by atoms with Crippen molar-refractivity contribution in [3.63, 3.8) is 0 Å². The summed E-state index contributed by atoms with van der Waals surface area (Å²) < 4.78 is 9.55. The highest BCUT2D eigenvalue weighted by molar-refractivity contribution is 7.66. The lowest BCUT2D eigenvalue weighted by atomic mass is 10.6. The summed E-state index contributed by atoms with van der Waals surface area (Å²) in [5, 5.41) is 0.245. The summed E-state index contributed by atoms with van der Waals surface area (Å²) in [5.74, 6) is 0. The molecule has 1 nitrogen and oxygen atoms in total. The zero-order valence-electron chi connectivity index (χ0n) is 3.39. The van der Waals surface area contributed by atoms with Crippen LogP contribution in [0.4, 0.5) is 0 Å². The van der Waals surface area contributed by atoms with E-state index in [2.05, 4.69) is 0 Å². The van der Waals surface area contributed by atoms with Gasteiger partial charge in [-0.25, -0.2) is 0 Å². The van der Waals surface area contributed by atoms with Crippen molar-refractivity contribution in [1.82, 2.24) is 0 Å². The van der Waals surface area contributed by atoms with Crippen LogP contribution in [-0.2, 0) is 15.9 Å². The van der Waals surface area contributed by atoms with Crippen LogP contribution in [0.3, 0.4) is 0 Å². The summed E-state index contributed by atoms with van der Waals surface area (Å²) >= 11 is 0.630. The van der Waals surface area contributed by atoms with E-state index >= 15 is 0 Å². The monoisotopic (exact) mass is 91.0 g/mol. The molecule has 2 heteroatoms. The van der Waals surface area contributed by atoms with Crippen molar-refractivity contribution in [2.75, 3.05) is 0 Å². The smallest absolute Gasteiger partial charge is 0.00312 e. The standard InChI is InChI=1S/C3H7OS/c1-3(2)5-4/h3H,1-2H3/q+1. The molecule has 0 rings (SSSR count). The normalized spacial score (nSPS) is 8.60. The van der Waals surface area contributed by atoms with Crippen molar-refractivity contribution in [2.24, 2.45) is 0 Å². The second kappa shape index (κ2) is 2.27. The molecular formula is C3H7OS+. The van der Waals surface area contributed by atoms with Crippen LogP contribution in [0.5, 0.6) is 0 Å². The third kappa shape index (κ3) is 4.02. The van der Waals surface area contributed by atoms with Crippen molar-refractivity contribution in [3.05, 3.63) is 0 Å². The second-order valence-electron chi connectivity index (χ2n) is 1.14. The minimum atomic E-state index is 0.245. The van der Waals surface area contributed by atoms with Crippen molar-refractivity contribution >= 4 is 11.7 Å². The lowest BCUT2D eigenvalue weighted by Crippen LogP contribution is -1.85. The maximum atomic E-state index is 9.55. The maximum Gasteiger partial charge on any atom is 0.461 e. The first kappa shape index (κ1) is 5.02. The molecule has 0 N–H and O–H groups in total. The molecule has 0 aliphatic rings. The zero-order valence-corrected chi connectivity index (χ0v) is 4.21. The summed E-state index contributed by atoms with van der Waals surface area (Å²) in [6.45, 7) is 3.75. The predicted octanol–water partition coefficient (Wildman–Crippen LogP) is 0.823. The highest BCUT2D eigenvalue weighted by Crippen LogP contribution is 1.74. The summed E-state index contributed by atoms with van der Waals surface area (Å²) in [5.41, 5.74) is 0. The Hall–Kier alpha value is 0.0200. The molecule has 0 aliphatic heterocycles. The molecule has 0 atom stereocenters. The fraction of sp³-hybridized carbons (Fsp3) is 1.00. The Kier molecular flexibility index (Phi) is 2.28. The molecule has 5 heavy (non-hydrogen) atoms. The summed E-state index contributed by atoms with van der Waals surface area (Å²) in [7, 11) is 0. The van der Waals surface area contributed by atoms with Crippen molar-refractivity contribution in [2.45, 2.75) is 19.1 Å². The van der Waals surface area contributed by atoms with Gasteiger partial charge in [-0.2, -0.15) is 0 Å². The Morgan fingerprint density at radius 1 is 1.60 bits per heavy atom. The first-order chi connectivity index (χ1) is 2.27. The van der Waals surface area contributed by atoms with Crippen molar-refractivity contribution < 1.29 is 4.21 Å². The van der Waals surface area contributed by atoms with Gasteiger partial charge in [0.2, 0.25) is 5.25 Å². The highest BCUT2D eigenvalue weighted by atomic mass is 32.1. The maximum absolute atomic E-state index is 9.55. The van der Waals surface area contributed by atoms with Gasteiger partial charge in [-0.15, -0.1) is 0 Å². The Labute approximate surface area is 35.9 Å². The van der Waals surface area contributed by atoms with Crippen LogP contribution in [0.25, 0.3) is 0 Å². The van der Waals surface area contributed by atoms with E-state index in [0.717, 1.165) is 0 Å². The first-order valence-electron chi connectivity index (χ1n) is 1.56. The van der Waals surface area contributed by atoms with Crippen molar-refractivity contribution in [1.29, 1.82) is 0 Å². The SMILES string of the molecule is CC(C)[S+]=O. The van der Waals surface area contributed by atoms with E-state index in [1.54, 1.807) is 0 Å². The van der Waals surface area contributed by atoms with Gasteiger partial charge < -0.3 is 0 Å². The van der Waals surface area contributed by atoms with Gasteiger partial charge in [0.25, 0.3) is 0 Å².